The second kappa shape index (κ2) is 7.77. The Morgan fingerprint density at radius 1 is 1.23 bits per heavy atom. The minimum Gasteiger partial charge on any atom is -0.491 e. The lowest BCUT2D eigenvalue weighted by Gasteiger charge is -2.33. The molecule has 2 aromatic heterocycles. The van der Waals surface area contributed by atoms with Crippen molar-refractivity contribution in [2.24, 2.45) is 5.92 Å². The third-order valence-corrected chi connectivity index (χ3v) is 5.52. The lowest BCUT2D eigenvalue weighted by atomic mass is 10.1. The fourth-order valence-corrected chi connectivity index (χ4v) is 4.20. The van der Waals surface area contributed by atoms with Crippen molar-refractivity contribution in [3.63, 3.8) is 0 Å². The van der Waals surface area contributed by atoms with Gasteiger partial charge in [0.25, 0.3) is 5.91 Å². The maximum atomic E-state index is 13.2. The van der Waals surface area contributed by atoms with Gasteiger partial charge in [-0.2, -0.15) is 13.2 Å². The Balaban J connectivity index is 1.50. The predicted octanol–water partition coefficient (Wildman–Crippen LogP) is 3.88. The van der Waals surface area contributed by atoms with Crippen LogP contribution in [0.5, 0.6) is 11.6 Å². The van der Waals surface area contributed by atoms with Crippen LogP contribution < -0.4 is 9.47 Å². The number of hydrogen-bond donors (Lipinski definition) is 0. The third-order valence-electron chi connectivity index (χ3n) is 5.52. The Morgan fingerprint density at radius 3 is 2.67 bits per heavy atom. The summed E-state index contributed by atoms with van der Waals surface area (Å²) in [7, 11) is 0. The summed E-state index contributed by atoms with van der Waals surface area (Å²) in [5, 5.41) is 0. The summed E-state index contributed by atoms with van der Waals surface area (Å²) in [5.74, 6) is 0.622. The molecule has 0 radical (unpaired) electrons. The highest BCUT2D eigenvalue weighted by Gasteiger charge is 2.49. The Labute approximate surface area is 172 Å². The maximum Gasteiger partial charge on any atom is 0.417 e. The highest BCUT2D eigenvalue weighted by atomic mass is 19.4. The number of aryl methyl sites for hydroxylation is 1. The zero-order chi connectivity index (χ0) is 21.5. The van der Waals surface area contributed by atoms with Crippen molar-refractivity contribution in [3.05, 3.63) is 47.4 Å². The highest BCUT2D eigenvalue weighted by Crippen LogP contribution is 2.41. The van der Waals surface area contributed by atoms with Gasteiger partial charge in [0.05, 0.1) is 18.2 Å². The number of rotatable bonds is 5. The standard InChI is InChI=1S/C21H22F3N3O3/c1-3-29-16-6-4-12(2)26-19(16)20(28)27-11-13-8-15(27)17(9-13)30-18-7-5-14(10-25-18)21(22,23)24/h4-7,10,13,15,17H,3,8-9,11H2,1-2H3/t13-,15+,17-/m1/s1. The molecule has 30 heavy (non-hydrogen) atoms. The molecule has 6 nitrogen and oxygen atoms in total. The topological polar surface area (TPSA) is 64.5 Å². The minimum atomic E-state index is -4.44. The number of piperidine rings is 1. The Hall–Kier alpha value is -2.84. The SMILES string of the molecule is CCOc1ccc(C)nc1C(=O)N1C[C@H]2C[C@@H](Oc3ccc(C(F)(F)F)cn3)[C@@H]1C2. The van der Waals surface area contributed by atoms with Crippen LogP contribution in [0.2, 0.25) is 0 Å². The number of alkyl halides is 3. The Morgan fingerprint density at radius 2 is 2.03 bits per heavy atom. The van der Waals surface area contributed by atoms with Gasteiger partial charge in [-0.25, -0.2) is 9.97 Å². The van der Waals surface area contributed by atoms with Crippen LogP contribution in [-0.2, 0) is 6.18 Å². The molecule has 0 unspecified atom stereocenters. The van der Waals surface area contributed by atoms with Crippen LogP contribution in [-0.4, -0.2) is 46.1 Å². The van der Waals surface area contributed by atoms with Crippen LogP contribution in [0.25, 0.3) is 0 Å². The van der Waals surface area contributed by atoms with E-state index < -0.39 is 11.7 Å². The molecule has 1 saturated carbocycles. The molecule has 3 heterocycles. The molecule has 3 atom stereocenters. The van der Waals surface area contributed by atoms with Gasteiger partial charge in [-0.15, -0.1) is 0 Å². The van der Waals surface area contributed by atoms with Crippen molar-refractivity contribution in [3.8, 4) is 11.6 Å². The van der Waals surface area contributed by atoms with Crippen molar-refractivity contribution in [1.29, 1.82) is 0 Å². The van der Waals surface area contributed by atoms with E-state index in [0.717, 1.165) is 25.1 Å². The van der Waals surface area contributed by atoms with Crippen LogP contribution in [0.3, 0.4) is 0 Å². The summed E-state index contributed by atoms with van der Waals surface area (Å²) >= 11 is 0. The van der Waals surface area contributed by atoms with E-state index in [1.54, 1.807) is 17.0 Å². The quantitative estimate of drug-likeness (QED) is 0.733. The van der Waals surface area contributed by atoms with Gasteiger partial charge in [0.1, 0.15) is 6.10 Å². The van der Waals surface area contributed by atoms with E-state index >= 15 is 0 Å². The average Bonchev–Trinajstić information content (AvgIpc) is 3.29. The molecule has 2 aromatic rings. The van der Waals surface area contributed by atoms with Gasteiger partial charge in [-0.1, -0.05) is 0 Å². The van der Waals surface area contributed by atoms with Crippen molar-refractivity contribution in [1.82, 2.24) is 14.9 Å². The predicted molar refractivity (Wildman–Crippen MR) is 101 cm³/mol. The van der Waals surface area contributed by atoms with Crippen LogP contribution in [0, 0.1) is 12.8 Å². The number of carbonyl (C=O) groups excluding carboxylic acids is 1. The second-order valence-electron chi connectivity index (χ2n) is 7.63. The zero-order valence-corrected chi connectivity index (χ0v) is 16.6. The Kier molecular flexibility index (Phi) is 5.29. The summed E-state index contributed by atoms with van der Waals surface area (Å²) in [6, 6.07) is 5.52. The van der Waals surface area contributed by atoms with E-state index in [1.165, 1.54) is 6.07 Å². The molecular formula is C21H22F3N3O3. The van der Waals surface area contributed by atoms with Gasteiger partial charge in [-0.05, 0) is 50.8 Å². The highest BCUT2D eigenvalue weighted by molar-refractivity contribution is 5.95. The number of likely N-dealkylation sites (tertiary alicyclic amines) is 1. The van der Waals surface area contributed by atoms with Gasteiger partial charge in [-0.3, -0.25) is 4.79 Å². The van der Waals surface area contributed by atoms with Crippen LogP contribution in [0.1, 0.15) is 41.5 Å². The molecular weight excluding hydrogens is 399 g/mol. The van der Waals surface area contributed by atoms with Crippen molar-refractivity contribution in [2.45, 2.75) is 45.0 Å². The number of carbonyl (C=O) groups is 1. The van der Waals surface area contributed by atoms with Crippen molar-refractivity contribution >= 4 is 5.91 Å². The zero-order valence-electron chi connectivity index (χ0n) is 16.6. The van der Waals surface area contributed by atoms with Crippen molar-refractivity contribution < 1.29 is 27.4 Å². The minimum absolute atomic E-state index is 0.122. The van der Waals surface area contributed by atoms with Gasteiger partial charge >= 0.3 is 6.18 Å². The van der Waals surface area contributed by atoms with E-state index in [0.29, 0.717) is 24.6 Å². The van der Waals surface area contributed by atoms with E-state index in [-0.39, 0.29) is 35.5 Å². The number of hydrogen-bond acceptors (Lipinski definition) is 5. The molecule has 1 aliphatic heterocycles. The average molecular weight is 421 g/mol. The molecule has 1 aliphatic carbocycles. The molecule has 4 rings (SSSR count). The molecule has 1 saturated heterocycles. The summed E-state index contributed by atoms with van der Waals surface area (Å²) in [5.41, 5.74) is 0.164. The first-order chi connectivity index (χ1) is 14.3. The fraction of sp³-hybridized carbons (Fsp3) is 0.476. The summed E-state index contributed by atoms with van der Waals surface area (Å²) in [6.07, 6.45) is -2.49. The lowest BCUT2D eigenvalue weighted by Crippen LogP contribution is -2.47. The molecule has 2 fully saturated rings. The lowest BCUT2D eigenvalue weighted by molar-refractivity contribution is -0.137. The summed E-state index contributed by atoms with van der Waals surface area (Å²) < 4.78 is 49.6. The normalized spacial score (nSPS) is 23.0. The summed E-state index contributed by atoms with van der Waals surface area (Å²) in [6.45, 7) is 4.67. The monoisotopic (exact) mass is 421 g/mol. The first-order valence-corrected chi connectivity index (χ1v) is 9.87. The van der Waals surface area contributed by atoms with Gasteiger partial charge in [0.2, 0.25) is 5.88 Å². The number of amides is 1. The van der Waals surface area contributed by atoms with Crippen LogP contribution in [0.15, 0.2) is 30.5 Å². The molecule has 0 N–H and O–H groups in total. The number of ether oxygens (including phenoxy) is 2. The number of halogens is 3. The molecule has 160 valence electrons. The molecule has 0 spiro atoms. The largest absolute Gasteiger partial charge is 0.491 e. The smallest absolute Gasteiger partial charge is 0.417 e. The van der Waals surface area contributed by atoms with Gasteiger partial charge in [0, 0.05) is 24.5 Å². The maximum absolute atomic E-state index is 13.2. The Bertz CT molecular complexity index is 933. The summed E-state index contributed by atoms with van der Waals surface area (Å²) in [4.78, 5) is 23.1. The number of pyridine rings is 2. The van der Waals surface area contributed by atoms with Crippen LogP contribution in [0.4, 0.5) is 13.2 Å². The molecule has 2 bridgehead atoms. The number of fused-ring (bicyclic) bond motifs is 2. The van der Waals surface area contributed by atoms with Gasteiger partial charge in [0.15, 0.2) is 11.4 Å². The third kappa shape index (κ3) is 3.93. The van der Waals surface area contributed by atoms with Crippen LogP contribution >= 0.6 is 0 Å². The van der Waals surface area contributed by atoms with Gasteiger partial charge < -0.3 is 14.4 Å². The molecule has 1 amide bonds. The number of nitrogens with zero attached hydrogens (tertiary/aromatic N) is 3. The number of aromatic nitrogens is 2. The fourth-order valence-electron chi connectivity index (χ4n) is 4.20. The molecule has 2 aliphatic rings. The first kappa shape index (κ1) is 20.4. The van der Waals surface area contributed by atoms with E-state index in [1.807, 2.05) is 13.8 Å². The first-order valence-electron chi connectivity index (χ1n) is 9.87. The van der Waals surface area contributed by atoms with E-state index in [2.05, 4.69) is 9.97 Å². The molecule has 0 aromatic carbocycles. The van der Waals surface area contributed by atoms with E-state index in [9.17, 15) is 18.0 Å². The van der Waals surface area contributed by atoms with Crippen molar-refractivity contribution in [2.75, 3.05) is 13.2 Å². The second-order valence-corrected chi connectivity index (χ2v) is 7.63. The molecule has 9 heteroatoms. The van der Waals surface area contributed by atoms with E-state index in [4.69, 9.17) is 9.47 Å².